The molecule has 2 aromatic heterocycles. The Hall–Kier alpha value is -1.65. The summed E-state index contributed by atoms with van der Waals surface area (Å²) in [6.45, 7) is 4.00. The fraction of sp³-hybridized carbons (Fsp3) is 0.231. The van der Waals surface area contributed by atoms with Crippen LogP contribution in [0.5, 0.6) is 0 Å². The van der Waals surface area contributed by atoms with Crippen LogP contribution in [0.2, 0.25) is 0 Å². The first-order valence-corrected chi connectivity index (χ1v) is 7.92. The minimum atomic E-state index is 0.175. The van der Waals surface area contributed by atoms with Gasteiger partial charge in [0.1, 0.15) is 27.7 Å². The van der Waals surface area contributed by atoms with Gasteiger partial charge in [0, 0.05) is 0 Å². The Morgan fingerprint density at radius 1 is 1.25 bits per heavy atom. The van der Waals surface area contributed by atoms with Gasteiger partial charge in [0.05, 0.1) is 5.69 Å². The smallest absolute Gasteiger partial charge is 0.189 e. The van der Waals surface area contributed by atoms with Crippen LogP contribution in [-0.4, -0.2) is 21.2 Å². The van der Waals surface area contributed by atoms with Gasteiger partial charge in [-0.3, -0.25) is 0 Å². The van der Waals surface area contributed by atoms with E-state index < -0.39 is 0 Å². The lowest BCUT2D eigenvalue weighted by Crippen LogP contribution is -2.03. The summed E-state index contributed by atoms with van der Waals surface area (Å²) >= 11 is 4.65. The van der Waals surface area contributed by atoms with Crippen LogP contribution in [0.4, 0.5) is 5.82 Å². The van der Waals surface area contributed by atoms with E-state index in [0.29, 0.717) is 21.1 Å². The molecule has 0 aliphatic rings. The average Bonchev–Trinajstić information content (AvgIpc) is 2.48. The quantitative estimate of drug-likeness (QED) is 0.506. The highest BCUT2D eigenvalue weighted by atomic mass is 79.9. The van der Waals surface area contributed by atoms with Gasteiger partial charge in [-0.2, -0.15) is 5.26 Å². The van der Waals surface area contributed by atoms with Gasteiger partial charge in [0.2, 0.25) is 0 Å². The summed E-state index contributed by atoms with van der Waals surface area (Å²) < 4.78 is 0.673. The zero-order chi connectivity index (χ0) is 15.1. The lowest BCUT2D eigenvalue weighted by atomic mass is 10.1. The number of anilines is 1. The van der Waals surface area contributed by atoms with Crippen molar-refractivity contribution in [2.24, 2.45) is 0 Å². The first-order chi connectivity index (χ1) is 9.65. The van der Waals surface area contributed by atoms with Gasteiger partial charge in [0.15, 0.2) is 5.16 Å². The molecular formula is C13H14BrN5S. The second-order valence-corrected chi connectivity index (χ2v) is 4.86. The van der Waals surface area contributed by atoms with Crippen LogP contribution in [0, 0.1) is 11.3 Å². The van der Waals surface area contributed by atoms with E-state index in [4.69, 9.17) is 11.0 Å². The average molecular weight is 352 g/mol. The monoisotopic (exact) mass is 351 g/mol. The molecule has 0 atom stereocenters. The summed E-state index contributed by atoms with van der Waals surface area (Å²) in [5.74, 6) is 0.175. The van der Waals surface area contributed by atoms with Crippen molar-refractivity contribution in [3.63, 3.8) is 0 Å². The molecule has 0 saturated carbocycles. The van der Waals surface area contributed by atoms with Gasteiger partial charge in [0.25, 0.3) is 0 Å². The summed E-state index contributed by atoms with van der Waals surface area (Å²) in [5, 5.41) is 9.65. The normalized spacial score (nSPS) is 9.35. The Morgan fingerprint density at radius 2 is 1.95 bits per heavy atom. The van der Waals surface area contributed by atoms with Gasteiger partial charge in [-0.25, -0.2) is 15.0 Å². The van der Waals surface area contributed by atoms with Crippen molar-refractivity contribution in [3.8, 4) is 17.5 Å². The molecule has 0 saturated heterocycles. The zero-order valence-corrected chi connectivity index (χ0v) is 13.8. The molecule has 0 unspecified atom stereocenters. The SMILES string of the molecule is CC.CSc1nc(N)c(C#N)c(-c2cccc(Br)n2)n1. The van der Waals surface area contributed by atoms with Gasteiger partial charge >= 0.3 is 0 Å². The molecule has 0 aliphatic carbocycles. The number of nitrogen functional groups attached to an aromatic ring is 1. The number of halogens is 1. The predicted molar refractivity (Wildman–Crippen MR) is 85.2 cm³/mol. The summed E-state index contributed by atoms with van der Waals surface area (Å²) in [5.41, 5.74) is 7.05. The number of thioether (sulfide) groups is 1. The fourth-order valence-corrected chi connectivity index (χ4v) is 2.10. The summed E-state index contributed by atoms with van der Waals surface area (Å²) in [6, 6.07) is 7.42. The summed E-state index contributed by atoms with van der Waals surface area (Å²) in [4.78, 5) is 12.6. The van der Waals surface area contributed by atoms with Crippen molar-refractivity contribution in [3.05, 3.63) is 28.4 Å². The van der Waals surface area contributed by atoms with Crippen molar-refractivity contribution in [2.45, 2.75) is 19.0 Å². The number of hydrogen-bond acceptors (Lipinski definition) is 6. The summed E-state index contributed by atoms with van der Waals surface area (Å²) in [6.07, 6.45) is 1.85. The molecule has 2 aromatic rings. The minimum absolute atomic E-state index is 0.175. The third kappa shape index (κ3) is 3.68. The molecule has 0 radical (unpaired) electrons. The van der Waals surface area contributed by atoms with Crippen LogP contribution >= 0.6 is 27.7 Å². The molecule has 0 spiro atoms. The van der Waals surface area contributed by atoms with Gasteiger partial charge < -0.3 is 5.73 Å². The molecule has 2 heterocycles. The molecule has 0 aliphatic heterocycles. The number of nitrogens with zero attached hydrogens (tertiary/aromatic N) is 4. The third-order valence-corrected chi connectivity index (χ3v) is 3.16. The van der Waals surface area contributed by atoms with E-state index in [1.807, 2.05) is 32.2 Å². The topological polar surface area (TPSA) is 88.5 Å². The van der Waals surface area contributed by atoms with Crippen molar-refractivity contribution in [1.82, 2.24) is 15.0 Å². The Bertz CT molecular complexity index is 639. The standard InChI is InChI=1S/C11H8BrN5S.C2H6/c1-18-11-16-9(6(5-13)10(14)17-11)7-3-2-4-8(12)15-7;1-2/h2-4H,1H3,(H2,14,16,17);1-2H3. The van der Waals surface area contributed by atoms with Crippen LogP contribution in [0.3, 0.4) is 0 Å². The fourth-order valence-electron chi connectivity index (χ4n) is 1.38. The number of pyridine rings is 1. The van der Waals surface area contributed by atoms with E-state index in [9.17, 15) is 0 Å². The van der Waals surface area contributed by atoms with Crippen LogP contribution < -0.4 is 5.73 Å². The first kappa shape index (κ1) is 16.4. The van der Waals surface area contributed by atoms with E-state index in [0.717, 1.165) is 0 Å². The molecule has 0 fully saturated rings. The van der Waals surface area contributed by atoms with E-state index in [-0.39, 0.29) is 11.4 Å². The maximum atomic E-state index is 9.14. The Labute approximate surface area is 130 Å². The van der Waals surface area contributed by atoms with E-state index in [1.165, 1.54) is 11.8 Å². The maximum absolute atomic E-state index is 9.14. The highest BCUT2D eigenvalue weighted by Gasteiger charge is 2.14. The number of hydrogen-bond donors (Lipinski definition) is 1. The minimum Gasteiger partial charge on any atom is -0.382 e. The predicted octanol–water partition coefficient (Wildman–Crippen LogP) is 3.50. The van der Waals surface area contributed by atoms with Crippen LogP contribution in [-0.2, 0) is 0 Å². The lowest BCUT2D eigenvalue weighted by molar-refractivity contribution is 0.972. The molecule has 5 nitrogen and oxygen atoms in total. The molecule has 0 amide bonds. The molecule has 104 valence electrons. The second-order valence-electron chi connectivity index (χ2n) is 3.28. The van der Waals surface area contributed by atoms with Gasteiger partial charge in [-0.05, 0) is 34.3 Å². The lowest BCUT2D eigenvalue weighted by Gasteiger charge is -2.06. The zero-order valence-electron chi connectivity index (χ0n) is 11.4. The molecule has 7 heteroatoms. The second kappa shape index (κ2) is 7.82. The highest BCUT2D eigenvalue weighted by Crippen LogP contribution is 2.26. The molecule has 0 aromatic carbocycles. The Kier molecular flexibility index (Phi) is 6.42. The van der Waals surface area contributed by atoms with Gasteiger partial charge in [-0.1, -0.05) is 31.7 Å². The number of rotatable bonds is 2. The number of nitriles is 1. The maximum Gasteiger partial charge on any atom is 0.189 e. The van der Waals surface area contributed by atoms with Gasteiger partial charge in [-0.15, -0.1) is 0 Å². The summed E-state index contributed by atoms with van der Waals surface area (Å²) in [7, 11) is 0. The van der Waals surface area contributed by atoms with Crippen LogP contribution in [0.1, 0.15) is 19.4 Å². The van der Waals surface area contributed by atoms with Crippen molar-refractivity contribution < 1.29 is 0 Å². The highest BCUT2D eigenvalue weighted by molar-refractivity contribution is 9.10. The van der Waals surface area contributed by atoms with Crippen LogP contribution in [0.15, 0.2) is 28.0 Å². The number of aromatic nitrogens is 3. The number of nitrogens with two attached hydrogens (primary N) is 1. The van der Waals surface area contributed by atoms with E-state index in [2.05, 4.69) is 30.9 Å². The first-order valence-electron chi connectivity index (χ1n) is 5.90. The molecule has 0 bridgehead atoms. The van der Waals surface area contributed by atoms with Crippen LogP contribution in [0.25, 0.3) is 11.4 Å². The Balaban J connectivity index is 0.000000956. The van der Waals surface area contributed by atoms with Crippen molar-refractivity contribution >= 4 is 33.5 Å². The largest absolute Gasteiger partial charge is 0.382 e. The Morgan fingerprint density at radius 3 is 2.50 bits per heavy atom. The molecule has 2 rings (SSSR count). The molecular weight excluding hydrogens is 338 g/mol. The van der Waals surface area contributed by atoms with Crippen molar-refractivity contribution in [1.29, 1.82) is 5.26 Å². The van der Waals surface area contributed by atoms with Crippen molar-refractivity contribution in [2.75, 3.05) is 12.0 Å². The van der Waals surface area contributed by atoms with E-state index in [1.54, 1.807) is 12.1 Å². The molecule has 20 heavy (non-hydrogen) atoms. The molecule has 2 N–H and O–H groups in total. The third-order valence-electron chi connectivity index (χ3n) is 2.17. The van der Waals surface area contributed by atoms with E-state index >= 15 is 0 Å².